The summed E-state index contributed by atoms with van der Waals surface area (Å²) in [4.78, 5) is 22.5. The third-order valence-electron chi connectivity index (χ3n) is 4.67. The van der Waals surface area contributed by atoms with Crippen molar-refractivity contribution in [2.75, 3.05) is 0 Å². The third-order valence-corrected chi connectivity index (χ3v) is 4.67. The quantitative estimate of drug-likeness (QED) is 0.672. The molecule has 9 heteroatoms. The van der Waals surface area contributed by atoms with Crippen molar-refractivity contribution in [1.82, 2.24) is 5.32 Å². The number of nitro groups is 2. The van der Waals surface area contributed by atoms with Crippen LogP contribution in [0.1, 0.15) is 37.5 Å². The lowest BCUT2D eigenvalue weighted by atomic mass is 9.68. The summed E-state index contributed by atoms with van der Waals surface area (Å²) in [6.07, 6.45) is 2.84. The molecule has 24 heavy (non-hydrogen) atoms. The molecule has 3 rings (SSSR count). The molecule has 0 unspecified atom stereocenters. The molecule has 1 aliphatic rings. The fourth-order valence-electron chi connectivity index (χ4n) is 3.61. The van der Waals surface area contributed by atoms with Crippen LogP contribution in [0.2, 0.25) is 0 Å². The van der Waals surface area contributed by atoms with Crippen LogP contribution in [0.15, 0.2) is 45.6 Å². The van der Waals surface area contributed by atoms with Gasteiger partial charge in [-0.25, -0.2) is 0 Å². The molecular formula is C15H17N3O6. The Morgan fingerprint density at radius 2 is 1.38 bits per heavy atom. The van der Waals surface area contributed by atoms with E-state index < -0.39 is 39.4 Å². The van der Waals surface area contributed by atoms with Gasteiger partial charge in [0.25, 0.3) is 0 Å². The Labute approximate surface area is 136 Å². The Morgan fingerprint density at radius 1 is 0.958 bits per heavy atom. The maximum atomic E-state index is 11.7. The number of nitrogens with one attached hydrogen (secondary N) is 1. The summed E-state index contributed by atoms with van der Waals surface area (Å²) < 4.78 is 10.7. The zero-order valence-electron chi connectivity index (χ0n) is 13.1. The van der Waals surface area contributed by atoms with Crippen molar-refractivity contribution < 1.29 is 18.7 Å². The van der Waals surface area contributed by atoms with E-state index in [1.165, 1.54) is 12.5 Å². The van der Waals surface area contributed by atoms with Crippen LogP contribution in [0, 0.1) is 25.6 Å². The van der Waals surface area contributed by atoms with Crippen molar-refractivity contribution in [2.24, 2.45) is 5.41 Å². The highest BCUT2D eigenvalue weighted by atomic mass is 16.6. The molecule has 0 radical (unpaired) electrons. The van der Waals surface area contributed by atoms with Gasteiger partial charge in [0.15, 0.2) is 0 Å². The van der Waals surface area contributed by atoms with Crippen LogP contribution in [0.4, 0.5) is 0 Å². The summed E-state index contributed by atoms with van der Waals surface area (Å²) >= 11 is 0. The summed E-state index contributed by atoms with van der Waals surface area (Å²) in [5, 5.41) is 26.4. The van der Waals surface area contributed by atoms with Crippen LogP contribution in [0.25, 0.3) is 0 Å². The smallest absolute Gasteiger partial charge is 0.247 e. The van der Waals surface area contributed by atoms with Crippen LogP contribution >= 0.6 is 0 Å². The number of hydrogen-bond donors (Lipinski definition) is 1. The van der Waals surface area contributed by atoms with Gasteiger partial charge in [-0.1, -0.05) is 0 Å². The Balaban J connectivity index is 2.12. The van der Waals surface area contributed by atoms with Gasteiger partial charge in [-0.05, 0) is 38.1 Å². The maximum absolute atomic E-state index is 11.7. The van der Waals surface area contributed by atoms with Gasteiger partial charge in [0, 0.05) is 9.85 Å². The number of piperidine rings is 1. The zero-order valence-corrected chi connectivity index (χ0v) is 13.1. The van der Waals surface area contributed by atoms with Crippen LogP contribution in [-0.4, -0.2) is 21.9 Å². The van der Waals surface area contributed by atoms with Crippen LogP contribution in [0.5, 0.6) is 0 Å². The molecule has 1 aliphatic heterocycles. The Morgan fingerprint density at radius 3 is 1.67 bits per heavy atom. The summed E-state index contributed by atoms with van der Waals surface area (Å²) in [5.41, 5.74) is -1.24. The first-order chi connectivity index (χ1) is 11.3. The van der Waals surface area contributed by atoms with Crippen molar-refractivity contribution >= 4 is 0 Å². The van der Waals surface area contributed by atoms with Gasteiger partial charge in [0.1, 0.15) is 29.0 Å². The Hall–Kier alpha value is -2.68. The minimum Gasteiger partial charge on any atom is -0.467 e. The van der Waals surface area contributed by atoms with Crippen molar-refractivity contribution in [2.45, 2.75) is 38.0 Å². The second kappa shape index (κ2) is 5.75. The highest BCUT2D eigenvalue weighted by molar-refractivity contribution is 5.18. The zero-order chi connectivity index (χ0) is 17.5. The SMILES string of the molecule is CC1(C)[C@@H]([N+](=O)[O-])[C@H](c2ccco2)N[C@H](c2ccco2)[C@H]1[N+](=O)[O-]. The second-order valence-corrected chi connectivity index (χ2v) is 6.43. The predicted octanol–water partition coefficient (Wildman–Crippen LogP) is 2.58. The molecule has 4 atom stereocenters. The molecule has 1 N–H and O–H groups in total. The van der Waals surface area contributed by atoms with Crippen molar-refractivity contribution in [3.63, 3.8) is 0 Å². The molecule has 0 bridgehead atoms. The van der Waals surface area contributed by atoms with Gasteiger partial charge < -0.3 is 8.83 Å². The molecule has 2 aromatic rings. The average Bonchev–Trinajstić information content (AvgIpc) is 3.17. The molecule has 9 nitrogen and oxygen atoms in total. The van der Waals surface area contributed by atoms with E-state index in [0.29, 0.717) is 11.5 Å². The van der Waals surface area contributed by atoms with Gasteiger partial charge in [-0.15, -0.1) is 0 Å². The molecule has 2 aromatic heterocycles. The molecule has 1 saturated heterocycles. The first-order valence-corrected chi connectivity index (χ1v) is 7.44. The Bertz CT molecular complexity index is 664. The lowest BCUT2D eigenvalue weighted by molar-refractivity contribution is -0.605. The topological polar surface area (TPSA) is 125 Å². The normalized spacial score (nSPS) is 29.2. The van der Waals surface area contributed by atoms with E-state index in [2.05, 4.69) is 5.32 Å². The van der Waals surface area contributed by atoms with Crippen LogP contribution in [-0.2, 0) is 0 Å². The summed E-state index contributed by atoms with van der Waals surface area (Å²) in [6, 6.07) is 2.42. The second-order valence-electron chi connectivity index (χ2n) is 6.43. The van der Waals surface area contributed by atoms with Gasteiger partial charge in [0.05, 0.1) is 12.5 Å². The predicted molar refractivity (Wildman–Crippen MR) is 81.4 cm³/mol. The maximum Gasteiger partial charge on any atom is 0.247 e. The fraction of sp³-hybridized carbons (Fsp3) is 0.467. The molecule has 0 aliphatic carbocycles. The van der Waals surface area contributed by atoms with Gasteiger partial charge in [0.2, 0.25) is 12.1 Å². The van der Waals surface area contributed by atoms with E-state index in [4.69, 9.17) is 8.83 Å². The fourth-order valence-corrected chi connectivity index (χ4v) is 3.61. The highest BCUT2D eigenvalue weighted by Gasteiger charge is 2.64. The van der Waals surface area contributed by atoms with E-state index in [-0.39, 0.29) is 0 Å². The molecule has 0 aromatic carbocycles. The Kier molecular flexibility index (Phi) is 3.88. The van der Waals surface area contributed by atoms with Crippen molar-refractivity contribution in [3.8, 4) is 0 Å². The summed E-state index contributed by atoms with van der Waals surface area (Å²) in [7, 11) is 0. The highest BCUT2D eigenvalue weighted by Crippen LogP contribution is 2.46. The summed E-state index contributed by atoms with van der Waals surface area (Å²) in [6.45, 7) is 3.08. The van der Waals surface area contributed by atoms with E-state index in [1.54, 1.807) is 38.1 Å². The molecule has 0 saturated carbocycles. The van der Waals surface area contributed by atoms with E-state index in [0.717, 1.165) is 0 Å². The van der Waals surface area contributed by atoms with E-state index in [1.807, 2.05) is 0 Å². The van der Waals surface area contributed by atoms with E-state index in [9.17, 15) is 20.2 Å². The number of nitrogens with zero attached hydrogens (tertiary/aromatic N) is 2. The third kappa shape index (κ3) is 2.46. The largest absolute Gasteiger partial charge is 0.467 e. The number of rotatable bonds is 4. The lowest BCUT2D eigenvalue weighted by Gasteiger charge is -2.42. The standard InChI is InChI=1S/C15H17N3O6/c1-15(2)13(17(19)20)11(9-5-3-7-23-9)16-12(14(15)18(21)22)10-6-4-8-24-10/h3-8,11-14,16H,1-2H3/t11-,12+,13-,14+. The van der Waals surface area contributed by atoms with Crippen molar-refractivity contribution in [3.05, 3.63) is 68.5 Å². The van der Waals surface area contributed by atoms with Gasteiger partial charge >= 0.3 is 0 Å². The van der Waals surface area contributed by atoms with Gasteiger partial charge in [-0.3, -0.25) is 25.5 Å². The first kappa shape index (κ1) is 16.2. The average molecular weight is 335 g/mol. The molecule has 1 fully saturated rings. The van der Waals surface area contributed by atoms with Gasteiger partial charge in [-0.2, -0.15) is 0 Å². The van der Waals surface area contributed by atoms with Crippen molar-refractivity contribution in [1.29, 1.82) is 0 Å². The monoisotopic (exact) mass is 335 g/mol. The minimum absolute atomic E-state index is 0.364. The molecular weight excluding hydrogens is 318 g/mol. The molecule has 0 spiro atoms. The number of hydrogen-bond acceptors (Lipinski definition) is 7. The molecule has 3 heterocycles. The first-order valence-electron chi connectivity index (χ1n) is 7.44. The summed E-state index contributed by atoms with van der Waals surface area (Å²) in [5.74, 6) is 0.728. The van der Waals surface area contributed by atoms with Crippen LogP contribution in [0.3, 0.4) is 0 Å². The number of furan rings is 2. The van der Waals surface area contributed by atoms with Crippen LogP contribution < -0.4 is 5.32 Å². The minimum atomic E-state index is -1.24. The molecule has 128 valence electrons. The van der Waals surface area contributed by atoms with E-state index >= 15 is 0 Å². The molecule has 0 amide bonds. The lowest BCUT2D eigenvalue weighted by Crippen LogP contribution is -2.63.